The predicted octanol–water partition coefficient (Wildman–Crippen LogP) is 2.97. The highest BCUT2D eigenvalue weighted by atomic mass is 16.4. The topological polar surface area (TPSA) is 65.4 Å². The summed E-state index contributed by atoms with van der Waals surface area (Å²) in [5.74, 6) is 0. The molecular weight excluding hydrogens is 338 g/mol. The van der Waals surface area contributed by atoms with E-state index in [9.17, 15) is 5.21 Å². The number of rotatable bonds is 1. The second-order valence-electron chi connectivity index (χ2n) is 7.08. The van der Waals surface area contributed by atoms with Crippen LogP contribution in [0.25, 0.3) is 10.6 Å². The van der Waals surface area contributed by atoms with Crippen LogP contribution in [0.4, 0.5) is 0 Å². The molecule has 0 amide bonds. The molecule has 2 N–H and O–H groups in total. The summed E-state index contributed by atoms with van der Waals surface area (Å²) in [6.07, 6.45) is 2.71. The second kappa shape index (κ2) is 8.36. The minimum atomic E-state index is 0. The third-order valence-electron chi connectivity index (χ3n) is 5.57. The lowest BCUT2D eigenvalue weighted by molar-refractivity contribution is 0.111. The van der Waals surface area contributed by atoms with Crippen molar-refractivity contribution in [3.05, 3.63) is 87.1 Å². The minimum absolute atomic E-state index is 0. The zero-order valence-corrected chi connectivity index (χ0v) is 15.6. The average molecular weight is 363 g/mol. The largest absolute Gasteiger partial charge is 0.498 e. The molecule has 140 valence electrons. The van der Waals surface area contributed by atoms with Crippen LogP contribution < -0.4 is 0 Å². The van der Waals surface area contributed by atoms with Crippen LogP contribution in [0, 0.1) is 11.3 Å². The molecule has 1 saturated heterocycles. The van der Waals surface area contributed by atoms with Gasteiger partial charge in [-0.3, -0.25) is 4.90 Å². The Labute approximate surface area is 160 Å². The molecule has 1 heterocycles. The van der Waals surface area contributed by atoms with Gasteiger partial charge in [0.15, 0.2) is 0 Å². The SMILES string of the molecule is CN1CCN(C2Cc3ccccc3/C(=C\C#[N+][O-])c3ccccc32)CC1.O. The number of hydrogen-bond acceptors (Lipinski definition) is 3. The van der Waals surface area contributed by atoms with Crippen LogP contribution in [0.5, 0.6) is 0 Å². The summed E-state index contributed by atoms with van der Waals surface area (Å²) in [5.41, 5.74) is 6.02. The van der Waals surface area contributed by atoms with Gasteiger partial charge in [0.1, 0.15) is 0 Å². The van der Waals surface area contributed by atoms with Crippen molar-refractivity contribution in [3.8, 4) is 6.07 Å². The molecule has 5 heteroatoms. The molecule has 0 spiro atoms. The first-order valence-electron chi connectivity index (χ1n) is 9.16. The van der Waals surface area contributed by atoms with Gasteiger partial charge in [0.25, 0.3) is 0 Å². The summed E-state index contributed by atoms with van der Waals surface area (Å²) in [4.78, 5) is 4.99. The molecule has 4 rings (SSSR count). The number of benzene rings is 2. The summed E-state index contributed by atoms with van der Waals surface area (Å²) < 4.78 is 0. The zero-order valence-electron chi connectivity index (χ0n) is 15.6. The quantitative estimate of drug-likeness (QED) is 0.578. The molecule has 27 heavy (non-hydrogen) atoms. The maximum atomic E-state index is 10.7. The highest BCUT2D eigenvalue weighted by molar-refractivity contribution is 5.85. The molecule has 1 atom stereocenters. The van der Waals surface area contributed by atoms with Crippen LogP contribution in [0.3, 0.4) is 0 Å². The molecular formula is C22H25N3O2. The van der Waals surface area contributed by atoms with Gasteiger partial charge in [0, 0.05) is 42.8 Å². The van der Waals surface area contributed by atoms with E-state index in [1.54, 1.807) is 6.08 Å². The number of fused-ring (bicyclic) bond motifs is 2. The van der Waals surface area contributed by atoms with Crippen molar-refractivity contribution < 1.29 is 5.48 Å². The van der Waals surface area contributed by atoms with E-state index < -0.39 is 0 Å². The van der Waals surface area contributed by atoms with Crippen molar-refractivity contribution in [3.63, 3.8) is 0 Å². The first-order valence-corrected chi connectivity index (χ1v) is 9.16. The summed E-state index contributed by atoms with van der Waals surface area (Å²) in [5, 5.41) is 13.5. The van der Waals surface area contributed by atoms with E-state index in [1.165, 1.54) is 22.3 Å². The number of allylic oxidation sites excluding steroid dienone is 1. The van der Waals surface area contributed by atoms with Gasteiger partial charge in [-0.1, -0.05) is 48.5 Å². The van der Waals surface area contributed by atoms with Crippen LogP contribution >= 0.6 is 0 Å². The summed E-state index contributed by atoms with van der Waals surface area (Å²) in [6, 6.07) is 19.9. The normalized spacial score (nSPS) is 21.2. The molecule has 0 aromatic heterocycles. The fraction of sp³-hybridized carbons (Fsp3) is 0.318. The first-order chi connectivity index (χ1) is 12.8. The van der Waals surface area contributed by atoms with E-state index in [0.29, 0.717) is 6.04 Å². The van der Waals surface area contributed by atoms with Crippen molar-refractivity contribution in [1.82, 2.24) is 9.80 Å². The fourth-order valence-corrected chi connectivity index (χ4v) is 4.16. The van der Waals surface area contributed by atoms with Crippen molar-refractivity contribution in [2.75, 3.05) is 33.2 Å². The van der Waals surface area contributed by atoms with Gasteiger partial charge in [-0.15, -0.1) is 0 Å². The molecule has 0 saturated carbocycles. The molecule has 1 aliphatic heterocycles. The van der Waals surface area contributed by atoms with E-state index in [-0.39, 0.29) is 5.48 Å². The molecule has 1 fully saturated rings. The van der Waals surface area contributed by atoms with Crippen LogP contribution in [-0.4, -0.2) is 48.5 Å². The Kier molecular flexibility index (Phi) is 5.92. The Bertz CT molecular complexity index is 890. The van der Waals surface area contributed by atoms with E-state index in [2.05, 4.69) is 76.5 Å². The minimum Gasteiger partial charge on any atom is -0.498 e. The van der Waals surface area contributed by atoms with Gasteiger partial charge in [-0.05, 0) is 35.7 Å². The first kappa shape index (κ1) is 19.1. The van der Waals surface area contributed by atoms with Gasteiger partial charge >= 0.3 is 6.07 Å². The van der Waals surface area contributed by atoms with Crippen LogP contribution in [-0.2, 0) is 6.42 Å². The molecule has 1 aliphatic carbocycles. The van der Waals surface area contributed by atoms with Crippen molar-refractivity contribution >= 4 is 5.57 Å². The van der Waals surface area contributed by atoms with Crippen LogP contribution in [0.15, 0.2) is 54.6 Å². The molecule has 2 aliphatic rings. The summed E-state index contributed by atoms with van der Waals surface area (Å²) in [6.45, 7) is 4.34. The van der Waals surface area contributed by atoms with Crippen LogP contribution in [0.1, 0.15) is 28.3 Å². The third-order valence-corrected chi connectivity index (χ3v) is 5.57. The Morgan fingerprint density at radius 1 is 1.00 bits per heavy atom. The molecule has 2 aromatic rings. The van der Waals surface area contributed by atoms with Crippen LogP contribution in [0.2, 0.25) is 0 Å². The highest BCUT2D eigenvalue weighted by Crippen LogP contribution is 2.40. The van der Waals surface area contributed by atoms with Gasteiger partial charge in [-0.25, -0.2) is 0 Å². The van der Waals surface area contributed by atoms with Crippen molar-refractivity contribution in [2.45, 2.75) is 12.5 Å². The molecule has 5 nitrogen and oxygen atoms in total. The Morgan fingerprint density at radius 3 is 2.41 bits per heavy atom. The van der Waals surface area contributed by atoms with Gasteiger partial charge < -0.3 is 15.6 Å². The van der Waals surface area contributed by atoms with E-state index >= 15 is 0 Å². The lowest BCUT2D eigenvalue weighted by Crippen LogP contribution is -2.46. The van der Waals surface area contributed by atoms with Crippen molar-refractivity contribution in [2.24, 2.45) is 0 Å². The Hall–Kier alpha value is -2.65. The fourth-order valence-electron chi connectivity index (χ4n) is 4.16. The maximum absolute atomic E-state index is 10.7. The predicted molar refractivity (Wildman–Crippen MR) is 110 cm³/mol. The standard InChI is InChI=1S/C22H23N3O.H2O/c1-24-12-14-25(15-13-24)22-16-17-6-2-3-7-18(17)20(10-11-23-26)19-8-4-5-9-21(19)22;/h2-10,22H,12-16H2,1H3;1H2/b20-10+;. The lowest BCUT2D eigenvalue weighted by atomic mass is 9.93. The second-order valence-corrected chi connectivity index (χ2v) is 7.08. The van der Waals surface area contributed by atoms with E-state index in [4.69, 9.17) is 0 Å². The van der Waals surface area contributed by atoms with E-state index in [0.717, 1.165) is 38.2 Å². The van der Waals surface area contributed by atoms with Gasteiger partial charge in [-0.2, -0.15) is 0 Å². The Balaban J connectivity index is 0.00000210. The zero-order chi connectivity index (χ0) is 17.9. The lowest BCUT2D eigenvalue weighted by Gasteiger charge is -2.38. The van der Waals surface area contributed by atoms with Crippen molar-refractivity contribution in [1.29, 1.82) is 0 Å². The number of piperazine rings is 1. The monoisotopic (exact) mass is 363 g/mol. The van der Waals surface area contributed by atoms with Gasteiger partial charge in [0.2, 0.25) is 0 Å². The number of hydrogen-bond donors (Lipinski definition) is 0. The average Bonchev–Trinajstić information content (AvgIpc) is 2.82. The number of likely N-dealkylation sites (N-methyl/N-ethyl adjacent to an activating group) is 1. The molecule has 2 aromatic carbocycles. The smallest absolute Gasteiger partial charge is 0.329 e. The third kappa shape index (κ3) is 3.74. The maximum Gasteiger partial charge on any atom is 0.329 e. The summed E-state index contributed by atoms with van der Waals surface area (Å²) in [7, 11) is 2.19. The summed E-state index contributed by atoms with van der Waals surface area (Å²) >= 11 is 0. The van der Waals surface area contributed by atoms with Gasteiger partial charge in [0.05, 0.1) is 6.08 Å². The molecule has 0 radical (unpaired) electrons. The van der Waals surface area contributed by atoms with E-state index in [1.807, 2.05) is 0 Å². The highest BCUT2D eigenvalue weighted by Gasteiger charge is 2.30. The number of nitrogens with zero attached hydrogens (tertiary/aromatic N) is 3. The Morgan fingerprint density at radius 2 is 1.67 bits per heavy atom. The molecule has 0 bridgehead atoms. The molecule has 1 unspecified atom stereocenters.